The predicted molar refractivity (Wildman–Crippen MR) is 94.2 cm³/mol. The van der Waals surface area contributed by atoms with Crippen LogP contribution in [0.15, 0.2) is 17.0 Å². The fraction of sp³-hybridized carbons (Fsp3) is 0.538. The quantitative estimate of drug-likeness (QED) is 0.435. The summed E-state index contributed by atoms with van der Waals surface area (Å²) in [6, 6.07) is 0. The smallest absolute Gasteiger partial charge is 0.320 e. The van der Waals surface area contributed by atoms with Gasteiger partial charge in [0.15, 0.2) is 4.34 Å². The van der Waals surface area contributed by atoms with Gasteiger partial charge in [0.25, 0.3) is 0 Å². The zero-order chi connectivity index (χ0) is 16.7. The van der Waals surface area contributed by atoms with E-state index in [9.17, 15) is 9.59 Å². The van der Waals surface area contributed by atoms with E-state index in [1.54, 1.807) is 11.0 Å². The van der Waals surface area contributed by atoms with Gasteiger partial charge in [0.2, 0.25) is 11.0 Å². The molecule has 0 bridgehead atoms. The highest BCUT2D eigenvalue weighted by Gasteiger charge is 2.29. The average Bonchev–Trinajstić information content (AvgIpc) is 3.05. The number of nitrogens with zero attached hydrogens (tertiary/aromatic N) is 3. The number of nitrogens with one attached hydrogen (secondary N) is 1. The first-order chi connectivity index (χ1) is 11.1. The van der Waals surface area contributed by atoms with Crippen LogP contribution in [-0.4, -0.2) is 70.5 Å². The van der Waals surface area contributed by atoms with Crippen molar-refractivity contribution in [1.82, 2.24) is 15.1 Å². The van der Waals surface area contributed by atoms with Crippen molar-refractivity contribution in [2.45, 2.75) is 9.59 Å². The molecule has 2 rings (SSSR count). The Bertz CT molecular complexity index is 566. The van der Waals surface area contributed by atoms with E-state index in [2.05, 4.69) is 22.1 Å². The lowest BCUT2D eigenvalue weighted by Crippen LogP contribution is -2.45. The fourth-order valence-corrected chi connectivity index (χ4v) is 4.65. The van der Waals surface area contributed by atoms with Crippen LogP contribution in [0.4, 0.5) is 5.13 Å². The van der Waals surface area contributed by atoms with E-state index in [-0.39, 0.29) is 22.9 Å². The second-order valence-corrected chi connectivity index (χ2v) is 8.06. The van der Waals surface area contributed by atoms with E-state index in [1.165, 1.54) is 42.0 Å². The van der Waals surface area contributed by atoms with Gasteiger partial charge in [0.05, 0.1) is 12.9 Å². The molecule has 1 aromatic rings. The zero-order valence-electron chi connectivity index (χ0n) is 12.7. The molecule has 0 spiro atoms. The van der Waals surface area contributed by atoms with Gasteiger partial charge in [-0.3, -0.25) is 9.59 Å². The number of hydrogen-bond acceptors (Lipinski definition) is 9. The number of thioether (sulfide) groups is 2. The number of carbonyl (C=O) groups is 2. The number of rotatable bonds is 7. The Hall–Kier alpha value is -1.26. The topological polar surface area (TPSA) is 84.4 Å². The maximum absolute atomic E-state index is 12.3. The summed E-state index contributed by atoms with van der Waals surface area (Å²) < 4.78 is 5.49. The molecule has 0 aliphatic carbocycles. The summed E-state index contributed by atoms with van der Waals surface area (Å²) in [4.78, 5) is 25.6. The lowest BCUT2D eigenvalue weighted by molar-refractivity contribution is -0.141. The van der Waals surface area contributed by atoms with Crippen molar-refractivity contribution in [2.24, 2.45) is 0 Å². The lowest BCUT2D eigenvalue weighted by atomic mass is 10.3. The number of amides is 1. The number of carbonyl (C=O) groups excluding carboxylic acids is 2. The molecule has 1 saturated heterocycles. The van der Waals surface area contributed by atoms with Crippen molar-refractivity contribution in [2.75, 3.05) is 43.6 Å². The van der Waals surface area contributed by atoms with Gasteiger partial charge >= 0.3 is 5.97 Å². The predicted octanol–water partition coefficient (Wildman–Crippen LogP) is 1.35. The van der Waals surface area contributed by atoms with E-state index in [1.807, 2.05) is 0 Å². The normalized spacial score (nSPS) is 17.6. The first-order valence-electron chi connectivity index (χ1n) is 6.92. The summed E-state index contributed by atoms with van der Waals surface area (Å²) in [5.74, 6) is 0.751. The molecule has 0 saturated carbocycles. The highest BCUT2D eigenvalue weighted by molar-refractivity contribution is 8.01. The van der Waals surface area contributed by atoms with Gasteiger partial charge in [-0.05, 0) is 0 Å². The lowest BCUT2D eigenvalue weighted by Gasteiger charge is -2.30. The van der Waals surface area contributed by atoms with Crippen molar-refractivity contribution >= 4 is 51.9 Å². The molecular weight excluding hydrogens is 356 g/mol. The van der Waals surface area contributed by atoms with Gasteiger partial charge in [0.1, 0.15) is 5.25 Å². The molecule has 0 unspecified atom stereocenters. The maximum atomic E-state index is 12.3. The van der Waals surface area contributed by atoms with Crippen LogP contribution in [-0.2, 0) is 14.3 Å². The highest BCUT2D eigenvalue weighted by Crippen LogP contribution is 2.26. The Kier molecular flexibility index (Phi) is 7.18. The van der Waals surface area contributed by atoms with Crippen LogP contribution in [0.25, 0.3) is 0 Å². The van der Waals surface area contributed by atoms with Gasteiger partial charge in [0, 0.05) is 25.4 Å². The molecule has 1 N–H and O–H groups in total. The molecule has 1 aliphatic heterocycles. The average molecular weight is 375 g/mol. The molecule has 23 heavy (non-hydrogen) atoms. The van der Waals surface area contributed by atoms with Gasteiger partial charge in [-0.15, -0.1) is 28.5 Å². The molecule has 1 amide bonds. The van der Waals surface area contributed by atoms with Crippen molar-refractivity contribution in [3.8, 4) is 0 Å². The summed E-state index contributed by atoms with van der Waals surface area (Å²) >= 11 is 4.29. The third-order valence-electron chi connectivity index (χ3n) is 3.01. The molecule has 1 aromatic heterocycles. The van der Waals surface area contributed by atoms with Gasteiger partial charge in [-0.25, -0.2) is 0 Å². The van der Waals surface area contributed by atoms with Crippen LogP contribution in [0.1, 0.15) is 0 Å². The zero-order valence-corrected chi connectivity index (χ0v) is 15.1. The molecule has 2 heterocycles. The van der Waals surface area contributed by atoms with Crippen molar-refractivity contribution in [3.63, 3.8) is 0 Å². The molecule has 126 valence electrons. The van der Waals surface area contributed by atoms with Crippen LogP contribution in [0.3, 0.4) is 0 Å². The number of anilines is 1. The fourth-order valence-electron chi connectivity index (χ4n) is 1.86. The highest BCUT2D eigenvalue weighted by atomic mass is 32.2. The standard InChI is InChI=1S/C13H18N4O3S3/c1-3-4-14-12-15-16-13(23-12)22-8-10(18)17-5-6-21-9(7-17)11(19)20-2/h3,9H,1,4-8H2,2H3,(H,14,15)/t9-/m0/s1. The molecule has 7 nitrogen and oxygen atoms in total. The molecular formula is C13H18N4O3S3. The van der Waals surface area contributed by atoms with E-state index in [0.29, 0.717) is 24.8 Å². The van der Waals surface area contributed by atoms with Crippen LogP contribution in [0.5, 0.6) is 0 Å². The monoisotopic (exact) mass is 374 g/mol. The molecule has 1 aliphatic rings. The Labute approximate surface area is 147 Å². The van der Waals surface area contributed by atoms with Crippen LogP contribution in [0.2, 0.25) is 0 Å². The third-order valence-corrected chi connectivity index (χ3v) is 6.17. The summed E-state index contributed by atoms with van der Waals surface area (Å²) in [5.41, 5.74) is 0. The summed E-state index contributed by atoms with van der Waals surface area (Å²) in [5, 5.41) is 11.5. The van der Waals surface area contributed by atoms with Gasteiger partial charge in [-0.1, -0.05) is 29.2 Å². The second-order valence-electron chi connectivity index (χ2n) is 4.55. The van der Waals surface area contributed by atoms with Crippen LogP contribution in [0, 0.1) is 0 Å². The molecule has 1 atom stereocenters. The Morgan fingerprint density at radius 2 is 2.39 bits per heavy atom. The van der Waals surface area contributed by atoms with E-state index < -0.39 is 0 Å². The Morgan fingerprint density at radius 3 is 3.13 bits per heavy atom. The summed E-state index contributed by atoms with van der Waals surface area (Å²) in [6.45, 7) is 5.30. The molecule has 10 heteroatoms. The molecule has 0 aromatic carbocycles. The van der Waals surface area contributed by atoms with Crippen LogP contribution < -0.4 is 5.32 Å². The Balaban J connectivity index is 1.81. The number of ether oxygens (including phenoxy) is 1. The minimum atomic E-state index is -0.293. The molecule has 0 radical (unpaired) electrons. The summed E-state index contributed by atoms with van der Waals surface area (Å²) in [7, 11) is 1.37. The maximum Gasteiger partial charge on any atom is 0.320 e. The van der Waals surface area contributed by atoms with Gasteiger partial charge in [-0.2, -0.15) is 0 Å². The van der Waals surface area contributed by atoms with Crippen molar-refractivity contribution in [3.05, 3.63) is 12.7 Å². The molecule has 1 fully saturated rings. The van der Waals surface area contributed by atoms with Crippen LogP contribution >= 0.6 is 34.9 Å². The van der Waals surface area contributed by atoms with Gasteiger partial charge < -0.3 is 15.0 Å². The Morgan fingerprint density at radius 1 is 1.57 bits per heavy atom. The number of esters is 1. The van der Waals surface area contributed by atoms with E-state index in [4.69, 9.17) is 4.74 Å². The number of hydrogen-bond donors (Lipinski definition) is 1. The first-order valence-corrected chi connectivity index (χ1v) is 9.77. The van der Waals surface area contributed by atoms with E-state index in [0.717, 1.165) is 10.1 Å². The van der Waals surface area contributed by atoms with Crippen molar-refractivity contribution < 1.29 is 14.3 Å². The minimum Gasteiger partial charge on any atom is -0.468 e. The third kappa shape index (κ3) is 5.40. The number of methoxy groups -OCH3 is 1. The minimum absolute atomic E-state index is 0.00000349. The first kappa shape index (κ1) is 18.1. The SMILES string of the molecule is C=CCNc1nnc(SCC(=O)N2CCS[C@H](C(=O)OC)C2)s1. The second kappa shape index (κ2) is 9.14. The van der Waals surface area contributed by atoms with Crippen molar-refractivity contribution in [1.29, 1.82) is 0 Å². The summed E-state index contributed by atoms with van der Waals surface area (Å²) in [6.07, 6.45) is 1.74. The van der Waals surface area contributed by atoms with E-state index >= 15 is 0 Å². The largest absolute Gasteiger partial charge is 0.468 e. The number of aromatic nitrogens is 2.